The number of hydrogen-bond donors (Lipinski definition) is 0. The highest BCUT2D eigenvalue weighted by molar-refractivity contribution is 7.88. The zero-order valence-electron chi connectivity index (χ0n) is 12.1. The molecule has 1 aromatic carbocycles. The Hall–Kier alpha value is -1.27. The number of carbonyl (C=O) groups excluding carboxylic acids is 1. The van der Waals surface area contributed by atoms with Crippen molar-refractivity contribution in [1.82, 2.24) is 4.31 Å². The molecule has 0 aromatic heterocycles. The molecule has 1 atom stereocenters. The van der Waals surface area contributed by atoms with Crippen LogP contribution < -0.4 is 0 Å². The summed E-state index contributed by atoms with van der Waals surface area (Å²) in [5.74, 6) is -0.161. The fraction of sp³-hybridized carbons (Fsp3) is 0.533. The van der Waals surface area contributed by atoms with Crippen LogP contribution in [-0.4, -0.2) is 37.9 Å². The monoisotopic (exact) mass is 313 g/mol. The van der Waals surface area contributed by atoms with Gasteiger partial charge >= 0.3 is 0 Å². The summed E-state index contributed by atoms with van der Waals surface area (Å²) in [5, 5.41) is 0. The van der Waals surface area contributed by atoms with E-state index < -0.39 is 10.0 Å². The number of piperidine rings is 1. The number of Topliss-reactive ketones (excluding diaryl/α,β-unsaturated/α-hetero) is 1. The molecule has 4 nitrogen and oxygen atoms in total. The predicted octanol–water partition coefficient (Wildman–Crippen LogP) is 2.00. The molecule has 0 radical (unpaired) electrons. The molecular formula is C15H20FNO3S. The highest BCUT2D eigenvalue weighted by Gasteiger charge is 2.27. The zero-order chi connectivity index (χ0) is 15.5. The minimum absolute atomic E-state index is 0.0713. The van der Waals surface area contributed by atoms with Crippen LogP contribution in [-0.2, 0) is 21.2 Å². The Balaban J connectivity index is 1.89. The highest BCUT2D eigenvalue weighted by Crippen LogP contribution is 2.22. The Morgan fingerprint density at radius 1 is 1.33 bits per heavy atom. The summed E-state index contributed by atoms with van der Waals surface area (Å²) in [6.45, 7) is 0.968. The molecule has 1 aromatic rings. The molecule has 0 N–H and O–H groups in total. The average Bonchev–Trinajstić information content (AvgIpc) is 2.41. The predicted molar refractivity (Wildman–Crippen MR) is 78.9 cm³/mol. The summed E-state index contributed by atoms with van der Waals surface area (Å²) < 4.78 is 37.3. The Labute approximate surface area is 125 Å². The molecule has 1 heterocycles. The van der Waals surface area contributed by atoms with E-state index in [2.05, 4.69) is 0 Å². The summed E-state index contributed by atoms with van der Waals surface area (Å²) >= 11 is 0. The average molecular weight is 313 g/mol. The second-order valence-electron chi connectivity index (χ2n) is 5.68. The first-order chi connectivity index (χ1) is 9.84. The zero-order valence-corrected chi connectivity index (χ0v) is 12.9. The molecule has 0 saturated carbocycles. The number of sulfonamides is 1. The third-order valence-corrected chi connectivity index (χ3v) is 5.05. The lowest BCUT2D eigenvalue weighted by molar-refractivity contribution is -0.119. The maximum atomic E-state index is 12.8. The first-order valence-electron chi connectivity index (χ1n) is 7.06. The SMILES string of the molecule is CS(=O)(=O)N1CCCC(CC(=O)Cc2ccc(F)cc2)C1. The maximum absolute atomic E-state index is 12.8. The van der Waals surface area contributed by atoms with Gasteiger partial charge < -0.3 is 0 Å². The molecule has 2 rings (SSSR count). The molecule has 1 unspecified atom stereocenters. The third-order valence-electron chi connectivity index (χ3n) is 3.78. The molecule has 0 amide bonds. The van der Waals surface area contributed by atoms with Gasteiger partial charge in [-0.1, -0.05) is 12.1 Å². The van der Waals surface area contributed by atoms with Gasteiger partial charge in [0.2, 0.25) is 10.0 Å². The summed E-state index contributed by atoms with van der Waals surface area (Å²) in [6.07, 6.45) is 3.53. The first kappa shape index (κ1) is 16.1. The van der Waals surface area contributed by atoms with Gasteiger partial charge in [0.25, 0.3) is 0 Å². The Kier molecular flexibility index (Phi) is 5.11. The Morgan fingerprint density at radius 2 is 2.00 bits per heavy atom. The highest BCUT2D eigenvalue weighted by atomic mass is 32.2. The van der Waals surface area contributed by atoms with Crippen molar-refractivity contribution in [3.63, 3.8) is 0 Å². The van der Waals surface area contributed by atoms with Gasteiger partial charge in [-0.2, -0.15) is 0 Å². The minimum atomic E-state index is -3.18. The maximum Gasteiger partial charge on any atom is 0.211 e. The fourth-order valence-electron chi connectivity index (χ4n) is 2.72. The van der Waals surface area contributed by atoms with E-state index in [1.54, 1.807) is 12.1 Å². The van der Waals surface area contributed by atoms with Crippen molar-refractivity contribution in [2.24, 2.45) is 5.92 Å². The van der Waals surface area contributed by atoms with Crippen molar-refractivity contribution in [1.29, 1.82) is 0 Å². The van der Waals surface area contributed by atoms with Gasteiger partial charge in [0, 0.05) is 25.9 Å². The summed E-state index contributed by atoms with van der Waals surface area (Å²) in [5.41, 5.74) is 0.789. The first-order valence-corrected chi connectivity index (χ1v) is 8.90. The van der Waals surface area contributed by atoms with Crippen LogP contribution in [0.1, 0.15) is 24.8 Å². The van der Waals surface area contributed by atoms with Gasteiger partial charge in [-0.25, -0.2) is 17.1 Å². The molecule has 0 spiro atoms. The fourth-order valence-corrected chi connectivity index (χ4v) is 3.66. The van der Waals surface area contributed by atoms with Gasteiger partial charge in [-0.05, 0) is 36.5 Å². The lowest BCUT2D eigenvalue weighted by atomic mass is 9.92. The molecule has 21 heavy (non-hydrogen) atoms. The quantitative estimate of drug-likeness (QED) is 0.835. The van der Waals surface area contributed by atoms with E-state index in [0.717, 1.165) is 18.4 Å². The normalized spacial score (nSPS) is 20.4. The standard InChI is InChI=1S/C15H20FNO3S/c1-21(19,20)17-8-2-3-13(11-17)10-15(18)9-12-4-6-14(16)7-5-12/h4-7,13H,2-3,8-11H2,1H3. The largest absolute Gasteiger partial charge is 0.299 e. The lowest BCUT2D eigenvalue weighted by Crippen LogP contribution is -2.39. The molecule has 1 aliphatic rings. The van der Waals surface area contributed by atoms with Crippen LogP contribution in [0.5, 0.6) is 0 Å². The number of nitrogens with zero attached hydrogens (tertiary/aromatic N) is 1. The molecule has 1 fully saturated rings. The minimum Gasteiger partial charge on any atom is -0.299 e. The van der Waals surface area contributed by atoms with Gasteiger partial charge in [-0.15, -0.1) is 0 Å². The number of hydrogen-bond acceptors (Lipinski definition) is 3. The van der Waals surface area contributed by atoms with Crippen LogP contribution in [0.4, 0.5) is 4.39 Å². The molecule has 1 aliphatic heterocycles. The van der Waals surface area contributed by atoms with Crippen molar-refractivity contribution in [3.8, 4) is 0 Å². The van der Waals surface area contributed by atoms with Crippen molar-refractivity contribution in [2.45, 2.75) is 25.7 Å². The van der Waals surface area contributed by atoms with Crippen molar-refractivity contribution in [3.05, 3.63) is 35.6 Å². The van der Waals surface area contributed by atoms with E-state index in [1.807, 2.05) is 0 Å². The van der Waals surface area contributed by atoms with Crippen LogP contribution in [0.2, 0.25) is 0 Å². The smallest absolute Gasteiger partial charge is 0.211 e. The number of rotatable bonds is 5. The van der Waals surface area contributed by atoms with Gasteiger partial charge in [0.1, 0.15) is 11.6 Å². The molecule has 6 heteroatoms. The van der Waals surface area contributed by atoms with Gasteiger partial charge in [0.05, 0.1) is 6.26 Å². The van der Waals surface area contributed by atoms with E-state index in [9.17, 15) is 17.6 Å². The molecular weight excluding hydrogens is 293 g/mol. The summed E-state index contributed by atoms with van der Waals surface area (Å²) in [7, 11) is -3.18. The summed E-state index contributed by atoms with van der Waals surface area (Å²) in [6, 6.07) is 5.90. The molecule has 0 bridgehead atoms. The topological polar surface area (TPSA) is 54.5 Å². The Morgan fingerprint density at radius 3 is 2.62 bits per heavy atom. The second-order valence-corrected chi connectivity index (χ2v) is 7.66. The van der Waals surface area contributed by atoms with E-state index in [-0.39, 0.29) is 23.9 Å². The van der Waals surface area contributed by atoms with Crippen LogP contribution >= 0.6 is 0 Å². The number of benzene rings is 1. The van der Waals surface area contributed by atoms with E-state index in [4.69, 9.17) is 0 Å². The molecule has 0 aliphatic carbocycles. The van der Waals surface area contributed by atoms with Crippen LogP contribution in [0.3, 0.4) is 0 Å². The third kappa shape index (κ3) is 4.89. The van der Waals surface area contributed by atoms with Crippen LogP contribution in [0, 0.1) is 11.7 Å². The van der Waals surface area contributed by atoms with Gasteiger partial charge in [0.15, 0.2) is 0 Å². The molecule has 116 valence electrons. The van der Waals surface area contributed by atoms with Crippen LogP contribution in [0.15, 0.2) is 24.3 Å². The Bertz CT molecular complexity index is 598. The lowest BCUT2D eigenvalue weighted by Gasteiger charge is -2.30. The number of carbonyl (C=O) groups is 1. The van der Waals surface area contributed by atoms with Crippen molar-refractivity contribution >= 4 is 15.8 Å². The second kappa shape index (κ2) is 6.66. The number of ketones is 1. The van der Waals surface area contributed by atoms with E-state index in [1.165, 1.54) is 22.7 Å². The van der Waals surface area contributed by atoms with Crippen LogP contribution in [0.25, 0.3) is 0 Å². The van der Waals surface area contributed by atoms with Crippen molar-refractivity contribution in [2.75, 3.05) is 19.3 Å². The molecule has 1 saturated heterocycles. The summed E-state index contributed by atoms with van der Waals surface area (Å²) in [4.78, 5) is 12.1. The van der Waals surface area contributed by atoms with E-state index in [0.29, 0.717) is 19.5 Å². The van der Waals surface area contributed by atoms with E-state index >= 15 is 0 Å². The number of halogens is 1. The van der Waals surface area contributed by atoms with Crippen molar-refractivity contribution < 1.29 is 17.6 Å². The van der Waals surface area contributed by atoms with Gasteiger partial charge in [-0.3, -0.25) is 4.79 Å².